The fourth-order valence-electron chi connectivity index (χ4n) is 3.43. The lowest BCUT2D eigenvalue weighted by Gasteiger charge is -2.06. The molecule has 0 aliphatic carbocycles. The van der Waals surface area contributed by atoms with Crippen molar-refractivity contribution < 1.29 is 14.3 Å². The number of aromatic amines is 1. The summed E-state index contributed by atoms with van der Waals surface area (Å²) in [6, 6.07) is 12.5. The Hall–Kier alpha value is -4.44. The van der Waals surface area contributed by atoms with Crippen LogP contribution in [0.2, 0.25) is 0 Å². The predicted molar refractivity (Wildman–Crippen MR) is 129 cm³/mol. The summed E-state index contributed by atoms with van der Waals surface area (Å²) in [4.78, 5) is 35.8. The molecular formula is C24H20N6O3S. The number of carbonyl (C=O) groups excluding carboxylic acids is 2. The number of fused-ring (bicyclic) bond motifs is 1. The van der Waals surface area contributed by atoms with Crippen molar-refractivity contribution in [2.45, 2.75) is 13.5 Å². The summed E-state index contributed by atoms with van der Waals surface area (Å²) in [6.07, 6.45) is 5.58. The van der Waals surface area contributed by atoms with Gasteiger partial charge in [0.2, 0.25) is 0 Å². The molecule has 0 saturated carbocycles. The Bertz CT molecular complexity index is 1520. The topological polar surface area (TPSA) is 127 Å². The molecule has 4 aromatic heterocycles. The van der Waals surface area contributed by atoms with E-state index in [1.807, 2.05) is 35.9 Å². The molecule has 0 aliphatic heterocycles. The van der Waals surface area contributed by atoms with E-state index in [1.54, 1.807) is 41.9 Å². The first kappa shape index (κ1) is 21.4. The van der Waals surface area contributed by atoms with Crippen LogP contribution in [0.4, 0.5) is 5.13 Å². The first-order valence-electron chi connectivity index (χ1n) is 10.4. The highest BCUT2D eigenvalue weighted by molar-refractivity contribution is 7.14. The Morgan fingerprint density at radius 3 is 2.88 bits per heavy atom. The molecule has 1 aromatic carbocycles. The molecule has 0 saturated heterocycles. The second-order valence-corrected chi connectivity index (χ2v) is 8.54. The van der Waals surface area contributed by atoms with E-state index >= 15 is 0 Å². The van der Waals surface area contributed by atoms with E-state index in [1.165, 1.54) is 11.3 Å². The summed E-state index contributed by atoms with van der Waals surface area (Å²) in [5, 5.41) is 5.03. The van der Waals surface area contributed by atoms with Gasteiger partial charge in [0.05, 0.1) is 11.4 Å². The third-order valence-corrected chi connectivity index (χ3v) is 5.86. The van der Waals surface area contributed by atoms with Gasteiger partial charge in [0.25, 0.3) is 11.8 Å². The lowest BCUT2D eigenvalue weighted by Crippen LogP contribution is -2.11. The van der Waals surface area contributed by atoms with Crippen molar-refractivity contribution in [1.82, 2.24) is 19.4 Å². The van der Waals surface area contributed by atoms with Crippen molar-refractivity contribution in [3.8, 4) is 17.0 Å². The van der Waals surface area contributed by atoms with Gasteiger partial charge in [-0.1, -0.05) is 12.1 Å². The van der Waals surface area contributed by atoms with Crippen LogP contribution < -0.4 is 15.8 Å². The normalized spacial score (nSPS) is 11.0. The average molecular weight is 473 g/mol. The lowest BCUT2D eigenvalue weighted by molar-refractivity contribution is 0.0994. The molecule has 0 spiro atoms. The first-order chi connectivity index (χ1) is 16.4. The molecule has 10 heteroatoms. The Labute approximate surface area is 198 Å². The minimum Gasteiger partial charge on any atom is -0.487 e. The number of nitrogens with two attached hydrogens (primary N) is 1. The number of carbonyl (C=O) groups is 2. The molecule has 0 bridgehead atoms. The van der Waals surface area contributed by atoms with Crippen molar-refractivity contribution in [3.05, 3.63) is 88.9 Å². The standard InChI is InChI=1S/C24H20N6O3S/c1-14-5-6-21-27-17(11-30(21)10-14)12-33-18-4-2-3-15(7-18)23(32)29-24-28-20(13-34-24)16-8-19(22(25)31)26-9-16/h2-11,13,26H,12H2,1H3,(H2,25,31)(H,28,29,32). The number of anilines is 1. The zero-order valence-corrected chi connectivity index (χ0v) is 18.9. The Balaban J connectivity index is 1.24. The second-order valence-electron chi connectivity index (χ2n) is 7.68. The molecule has 5 rings (SSSR count). The highest BCUT2D eigenvalue weighted by Gasteiger charge is 2.13. The lowest BCUT2D eigenvalue weighted by atomic mass is 10.2. The number of nitrogens with one attached hydrogen (secondary N) is 2. The van der Waals surface area contributed by atoms with E-state index < -0.39 is 5.91 Å². The largest absolute Gasteiger partial charge is 0.487 e. The fourth-order valence-corrected chi connectivity index (χ4v) is 4.14. The number of benzene rings is 1. The highest BCUT2D eigenvalue weighted by Crippen LogP contribution is 2.26. The van der Waals surface area contributed by atoms with Gasteiger partial charge in [0.1, 0.15) is 23.7 Å². The third-order valence-electron chi connectivity index (χ3n) is 5.10. The highest BCUT2D eigenvalue weighted by atomic mass is 32.1. The monoisotopic (exact) mass is 472 g/mol. The molecule has 170 valence electrons. The van der Waals surface area contributed by atoms with Crippen LogP contribution in [-0.2, 0) is 6.61 Å². The van der Waals surface area contributed by atoms with Crippen LogP contribution >= 0.6 is 11.3 Å². The van der Waals surface area contributed by atoms with Crippen molar-refractivity contribution in [2.24, 2.45) is 5.73 Å². The Morgan fingerprint density at radius 2 is 2.06 bits per heavy atom. The molecule has 34 heavy (non-hydrogen) atoms. The van der Waals surface area contributed by atoms with Crippen molar-refractivity contribution in [3.63, 3.8) is 0 Å². The van der Waals surface area contributed by atoms with E-state index in [9.17, 15) is 9.59 Å². The maximum Gasteiger partial charge on any atom is 0.265 e. The number of pyridine rings is 1. The van der Waals surface area contributed by atoms with Crippen LogP contribution in [0.25, 0.3) is 16.9 Å². The quantitative estimate of drug-likeness (QED) is 0.330. The van der Waals surface area contributed by atoms with E-state index in [0.29, 0.717) is 33.4 Å². The van der Waals surface area contributed by atoms with Gasteiger partial charge in [-0.3, -0.25) is 14.9 Å². The molecule has 0 atom stereocenters. The van der Waals surface area contributed by atoms with Gasteiger partial charge in [-0.05, 0) is 42.8 Å². The zero-order valence-electron chi connectivity index (χ0n) is 18.1. The number of nitrogens with zero attached hydrogens (tertiary/aromatic N) is 3. The van der Waals surface area contributed by atoms with Crippen molar-refractivity contribution in [2.75, 3.05) is 5.32 Å². The smallest absolute Gasteiger partial charge is 0.265 e. The summed E-state index contributed by atoms with van der Waals surface area (Å²) in [6.45, 7) is 2.31. The van der Waals surface area contributed by atoms with Crippen LogP contribution in [0.3, 0.4) is 0 Å². The number of primary amides is 1. The summed E-state index contributed by atoms with van der Waals surface area (Å²) in [5.74, 6) is -0.290. The molecular weight excluding hydrogens is 452 g/mol. The van der Waals surface area contributed by atoms with E-state index in [2.05, 4.69) is 20.3 Å². The SMILES string of the molecule is Cc1ccc2nc(COc3cccc(C(=O)Nc4nc(-c5c[nH]c(C(N)=O)c5)cs4)c3)cn2c1. The second kappa shape index (κ2) is 8.83. The molecule has 0 aliphatic rings. The van der Waals surface area contributed by atoms with E-state index in [0.717, 1.165) is 16.9 Å². The summed E-state index contributed by atoms with van der Waals surface area (Å²) < 4.78 is 7.83. The number of imidazole rings is 1. The van der Waals surface area contributed by atoms with Crippen molar-refractivity contribution in [1.29, 1.82) is 0 Å². The molecule has 9 nitrogen and oxygen atoms in total. The molecule has 4 heterocycles. The minimum atomic E-state index is -0.548. The predicted octanol–water partition coefficient (Wildman–Crippen LogP) is 4.02. The van der Waals surface area contributed by atoms with Gasteiger partial charge in [-0.15, -0.1) is 11.3 Å². The van der Waals surface area contributed by atoms with Crippen LogP contribution in [0.5, 0.6) is 5.75 Å². The fraction of sp³-hybridized carbons (Fsp3) is 0.0833. The van der Waals surface area contributed by atoms with Crippen LogP contribution in [-0.4, -0.2) is 31.2 Å². The van der Waals surface area contributed by atoms with E-state index in [-0.39, 0.29) is 12.5 Å². The summed E-state index contributed by atoms with van der Waals surface area (Å²) >= 11 is 1.28. The zero-order chi connectivity index (χ0) is 23.7. The molecule has 0 unspecified atom stereocenters. The number of aryl methyl sites for hydroxylation is 1. The molecule has 0 fully saturated rings. The third kappa shape index (κ3) is 4.52. The number of rotatable bonds is 7. The maximum atomic E-state index is 12.7. The van der Waals surface area contributed by atoms with Crippen molar-refractivity contribution >= 4 is 33.9 Å². The molecule has 5 aromatic rings. The molecule has 4 N–H and O–H groups in total. The Morgan fingerprint density at radius 1 is 1.18 bits per heavy atom. The number of H-pyrrole nitrogens is 1. The number of ether oxygens (including phenoxy) is 1. The van der Waals surface area contributed by atoms with Crippen LogP contribution in [0.1, 0.15) is 32.1 Å². The Kier molecular flexibility index (Phi) is 5.56. The van der Waals surface area contributed by atoms with Gasteiger partial charge in [0, 0.05) is 35.1 Å². The van der Waals surface area contributed by atoms with Crippen LogP contribution in [0.15, 0.2) is 66.4 Å². The minimum absolute atomic E-state index is 0.283. The summed E-state index contributed by atoms with van der Waals surface area (Å²) in [7, 11) is 0. The van der Waals surface area contributed by atoms with Crippen LogP contribution in [0, 0.1) is 6.92 Å². The molecule has 0 radical (unpaired) electrons. The number of aromatic nitrogens is 4. The number of hydrogen-bond acceptors (Lipinski definition) is 6. The van der Waals surface area contributed by atoms with Gasteiger partial charge in [0.15, 0.2) is 5.13 Å². The number of amides is 2. The molecule has 2 amide bonds. The van der Waals surface area contributed by atoms with E-state index in [4.69, 9.17) is 10.5 Å². The maximum absolute atomic E-state index is 12.7. The van der Waals surface area contributed by atoms with Gasteiger partial charge in [-0.25, -0.2) is 9.97 Å². The number of hydrogen-bond donors (Lipinski definition) is 3. The van der Waals surface area contributed by atoms with Gasteiger partial charge >= 0.3 is 0 Å². The van der Waals surface area contributed by atoms with Gasteiger partial charge < -0.3 is 19.9 Å². The summed E-state index contributed by atoms with van der Waals surface area (Å²) in [5.41, 5.74) is 10.1. The average Bonchev–Trinajstić information content (AvgIpc) is 3.57. The first-order valence-corrected chi connectivity index (χ1v) is 11.2. The number of thiazole rings is 1. The van der Waals surface area contributed by atoms with Gasteiger partial charge in [-0.2, -0.15) is 0 Å².